The molecule has 0 radical (unpaired) electrons. The SMILES string of the molecule is CCC(=O)OCC(OC)Oc1ccccc1Sc1cc(-n2c(=O)cc(C(F)(F)F)n(C)c2=O)c(F)cc1Cl. The zero-order valence-electron chi connectivity index (χ0n) is 20.2. The summed E-state index contributed by atoms with van der Waals surface area (Å²) in [7, 11) is 2.17. The first-order valence-corrected chi connectivity index (χ1v) is 12.1. The van der Waals surface area contributed by atoms with Crippen LogP contribution in [0.25, 0.3) is 5.69 Å². The molecule has 0 aliphatic rings. The Kier molecular flexibility index (Phi) is 9.28. The van der Waals surface area contributed by atoms with Gasteiger partial charge in [0.15, 0.2) is 6.61 Å². The number of benzene rings is 2. The Bertz CT molecular complexity index is 1460. The molecule has 1 aromatic heterocycles. The predicted molar refractivity (Wildman–Crippen MR) is 130 cm³/mol. The lowest BCUT2D eigenvalue weighted by atomic mass is 10.3. The Hall–Kier alpha value is -3.29. The van der Waals surface area contributed by atoms with E-state index in [0.717, 1.165) is 30.9 Å². The molecule has 1 unspecified atom stereocenters. The molecule has 0 fully saturated rings. The molecular formula is C24H21ClF4N2O6S. The molecule has 0 aliphatic carbocycles. The first kappa shape index (κ1) is 29.3. The summed E-state index contributed by atoms with van der Waals surface area (Å²) in [5.41, 5.74) is -4.83. The number of aromatic nitrogens is 2. The second-order valence-electron chi connectivity index (χ2n) is 7.65. The van der Waals surface area contributed by atoms with Crippen LogP contribution >= 0.6 is 23.4 Å². The Labute approximate surface area is 222 Å². The predicted octanol–water partition coefficient (Wildman–Crippen LogP) is 4.80. The highest BCUT2D eigenvalue weighted by Crippen LogP contribution is 2.40. The number of para-hydroxylation sites is 1. The molecule has 2 aromatic carbocycles. The maximum Gasteiger partial charge on any atom is 0.431 e. The summed E-state index contributed by atoms with van der Waals surface area (Å²) >= 11 is 7.19. The van der Waals surface area contributed by atoms with E-state index in [9.17, 15) is 31.9 Å². The minimum Gasteiger partial charge on any atom is -0.460 e. The molecule has 0 spiro atoms. The van der Waals surface area contributed by atoms with E-state index in [4.69, 9.17) is 25.8 Å². The van der Waals surface area contributed by atoms with Gasteiger partial charge in [0.2, 0.25) is 6.29 Å². The van der Waals surface area contributed by atoms with Crippen molar-refractivity contribution < 1.29 is 36.6 Å². The second-order valence-corrected chi connectivity index (χ2v) is 9.14. The van der Waals surface area contributed by atoms with E-state index in [2.05, 4.69) is 0 Å². The van der Waals surface area contributed by atoms with Gasteiger partial charge in [0.1, 0.15) is 17.3 Å². The van der Waals surface area contributed by atoms with Crippen molar-refractivity contribution >= 4 is 29.3 Å². The molecule has 38 heavy (non-hydrogen) atoms. The summed E-state index contributed by atoms with van der Waals surface area (Å²) in [6.07, 6.45) is -5.76. The number of ether oxygens (including phenoxy) is 3. The summed E-state index contributed by atoms with van der Waals surface area (Å²) in [6, 6.07) is 8.68. The van der Waals surface area contributed by atoms with Crippen LogP contribution < -0.4 is 16.0 Å². The molecule has 1 atom stereocenters. The van der Waals surface area contributed by atoms with Gasteiger partial charge in [-0.15, -0.1) is 0 Å². The molecule has 0 saturated carbocycles. The number of hydrogen-bond donors (Lipinski definition) is 0. The highest BCUT2D eigenvalue weighted by Gasteiger charge is 2.35. The zero-order valence-corrected chi connectivity index (χ0v) is 21.7. The molecule has 1 heterocycles. The minimum absolute atomic E-state index is 0.0944. The van der Waals surface area contributed by atoms with Crippen LogP contribution in [-0.4, -0.2) is 35.1 Å². The van der Waals surface area contributed by atoms with Gasteiger partial charge >= 0.3 is 17.8 Å². The third-order valence-electron chi connectivity index (χ3n) is 5.11. The van der Waals surface area contributed by atoms with Crippen molar-refractivity contribution in [3.05, 3.63) is 79.8 Å². The third-order valence-corrected chi connectivity index (χ3v) is 6.65. The number of carbonyl (C=O) groups excluding carboxylic acids is 1. The van der Waals surface area contributed by atoms with Gasteiger partial charge in [-0.05, 0) is 24.3 Å². The Morgan fingerprint density at radius 3 is 2.45 bits per heavy atom. The van der Waals surface area contributed by atoms with Crippen LogP contribution in [0.5, 0.6) is 5.75 Å². The lowest BCUT2D eigenvalue weighted by Gasteiger charge is -2.19. The molecule has 0 saturated heterocycles. The third kappa shape index (κ3) is 6.58. The average molecular weight is 577 g/mol. The van der Waals surface area contributed by atoms with Crippen molar-refractivity contribution in [2.75, 3.05) is 13.7 Å². The maximum atomic E-state index is 14.9. The van der Waals surface area contributed by atoms with E-state index >= 15 is 0 Å². The Morgan fingerprint density at radius 2 is 1.82 bits per heavy atom. The highest BCUT2D eigenvalue weighted by atomic mass is 35.5. The fraction of sp³-hybridized carbons (Fsp3) is 0.292. The van der Waals surface area contributed by atoms with Crippen molar-refractivity contribution in [2.24, 2.45) is 7.05 Å². The van der Waals surface area contributed by atoms with Gasteiger partial charge in [-0.3, -0.25) is 14.2 Å². The van der Waals surface area contributed by atoms with Gasteiger partial charge in [-0.25, -0.2) is 13.8 Å². The van der Waals surface area contributed by atoms with E-state index < -0.39 is 46.9 Å². The standard InChI is InChI=1S/C24H21ClF4N2O6S/c1-4-21(33)36-12-22(35-3)37-16-7-5-6-8-17(16)38-18-10-15(14(26)9-13(18)25)31-20(32)11-19(24(27,28)29)30(2)23(31)34/h5-11,22H,4,12H2,1-3H3. The molecule has 0 amide bonds. The lowest BCUT2D eigenvalue weighted by molar-refractivity contribution is -0.156. The number of esters is 1. The monoisotopic (exact) mass is 576 g/mol. The van der Waals surface area contributed by atoms with Crippen molar-refractivity contribution in [1.82, 2.24) is 9.13 Å². The molecule has 14 heteroatoms. The number of rotatable bonds is 9. The van der Waals surface area contributed by atoms with Crippen LogP contribution in [0.4, 0.5) is 17.6 Å². The van der Waals surface area contributed by atoms with Gasteiger partial charge < -0.3 is 14.2 Å². The zero-order chi connectivity index (χ0) is 28.2. The van der Waals surface area contributed by atoms with Gasteiger partial charge in [0.25, 0.3) is 5.56 Å². The van der Waals surface area contributed by atoms with Crippen molar-refractivity contribution in [1.29, 1.82) is 0 Å². The van der Waals surface area contributed by atoms with Crippen LogP contribution in [0.3, 0.4) is 0 Å². The number of methoxy groups -OCH3 is 1. The van der Waals surface area contributed by atoms with Gasteiger partial charge in [0.05, 0.1) is 15.6 Å². The Balaban J connectivity index is 2.01. The van der Waals surface area contributed by atoms with Crippen molar-refractivity contribution in [3.8, 4) is 11.4 Å². The second kappa shape index (κ2) is 12.0. The fourth-order valence-corrected chi connectivity index (χ4v) is 4.39. The molecule has 8 nitrogen and oxygen atoms in total. The Morgan fingerprint density at radius 1 is 1.13 bits per heavy atom. The lowest BCUT2D eigenvalue weighted by Crippen LogP contribution is -2.41. The first-order valence-electron chi connectivity index (χ1n) is 10.9. The minimum atomic E-state index is -4.97. The van der Waals surface area contributed by atoms with Crippen molar-refractivity contribution in [3.63, 3.8) is 0 Å². The molecular weight excluding hydrogens is 556 g/mol. The topological polar surface area (TPSA) is 88.8 Å². The average Bonchev–Trinajstić information content (AvgIpc) is 2.86. The molecule has 0 N–H and O–H groups in total. The largest absolute Gasteiger partial charge is 0.460 e. The summed E-state index contributed by atoms with van der Waals surface area (Å²) in [5, 5.41) is -0.0944. The van der Waals surface area contributed by atoms with Crippen LogP contribution in [0.15, 0.2) is 61.8 Å². The fourth-order valence-electron chi connectivity index (χ4n) is 3.19. The van der Waals surface area contributed by atoms with Crippen molar-refractivity contribution in [2.45, 2.75) is 35.6 Å². The molecule has 0 aliphatic heterocycles. The van der Waals surface area contributed by atoms with Crippen LogP contribution in [0.2, 0.25) is 5.02 Å². The van der Waals surface area contributed by atoms with Crippen LogP contribution in [0.1, 0.15) is 19.0 Å². The number of halogens is 5. The number of nitrogens with zero attached hydrogens (tertiary/aromatic N) is 2. The normalized spacial score (nSPS) is 12.3. The summed E-state index contributed by atoms with van der Waals surface area (Å²) in [6.45, 7) is 1.44. The van der Waals surface area contributed by atoms with Gasteiger partial charge in [-0.1, -0.05) is 42.4 Å². The van der Waals surface area contributed by atoms with Crippen LogP contribution in [0, 0.1) is 5.82 Å². The van der Waals surface area contributed by atoms with E-state index in [1.807, 2.05) is 0 Å². The van der Waals surface area contributed by atoms with Crippen LogP contribution in [-0.2, 0) is 27.5 Å². The van der Waals surface area contributed by atoms with Gasteiger partial charge in [-0.2, -0.15) is 13.2 Å². The summed E-state index contributed by atoms with van der Waals surface area (Å²) in [5.74, 6) is -1.27. The molecule has 0 bridgehead atoms. The molecule has 3 rings (SSSR count). The number of hydrogen-bond acceptors (Lipinski definition) is 7. The number of alkyl halides is 3. The summed E-state index contributed by atoms with van der Waals surface area (Å²) < 4.78 is 71.0. The smallest absolute Gasteiger partial charge is 0.431 e. The van der Waals surface area contributed by atoms with E-state index in [1.54, 1.807) is 31.2 Å². The van der Waals surface area contributed by atoms with E-state index in [0.29, 0.717) is 4.90 Å². The number of carbonyl (C=O) groups is 1. The first-order chi connectivity index (χ1) is 17.9. The highest BCUT2D eigenvalue weighted by molar-refractivity contribution is 7.99. The van der Waals surface area contributed by atoms with E-state index in [-0.39, 0.29) is 43.9 Å². The maximum absolute atomic E-state index is 14.9. The summed E-state index contributed by atoms with van der Waals surface area (Å²) in [4.78, 5) is 37.2. The quantitative estimate of drug-likeness (QED) is 0.205. The van der Waals surface area contributed by atoms with Gasteiger partial charge in [0, 0.05) is 31.5 Å². The molecule has 3 aromatic rings. The molecule has 204 valence electrons. The van der Waals surface area contributed by atoms with E-state index in [1.165, 1.54) is 7.11 Å².